The lowest BCUT2D eigenvalue weighted by Gasteiger charge is -2.10. The van der Waals surface area contributed by atoms with E-state index < -0.39 is 17.6 Å². The van der Waals surface area contributed by atoms with Crippen LogP contribution in [0.15, 0.2) is 30.3 Å². The summed E-state index contributed by atoms with van der Waals surface area (Å²) in [5.74, 6) is -0.436. The maximum absolute atomic E-state index is 13.3. The molecule has 0 unspecified atom stereocenters. The van der Waals surface area contributed by atoms with Crippen LogP contribution >= 0.6 is 11.6 Å². The molecule has 0 atom stereocenters. The van der Waals surface area contributed by atoms with E-state index in [0.717, 1.165) is 6.07 Å². The van der Waals surface area contributed by atoms with Crippen LogP contribution < -0.4 is 5.32 Å². The Kier molecular flexibility index (Phi) is 4.62. The highest BCUT2D eigenvalue weighted by Crippen LogP contribution is 2.36. The number of halogens is 4. The number of anilines is 1. The van der Waals surface area contributed by atoms with Gasteiger partial charge in [0.2, 0.25) is 5.91 Å². The zero-order valence-electron chi connectivity index (χ0n) is 13.9. The van der Waals surface area contributed by atoms with E-state index in [1.807, 2.05) is 0 Å². The Labute approximate surface area is 151 Å². The number of aromatic nitrogens is 3. The number of hydrogen-bond donors (Lipinski definition) is 1. The molecule has 136 valence electrons. The van der Waals surface area contributed by atoms with Crippen molar-refractivity contribution in [3.63, 3.8) is 0 Å². The van der Waals surface area contributed by atoms with Gasteiger partial charge in [0.15, 0.2) is 5.65 Å². The minimum Gasteiger partial charge on any atom is -0.324 e. The fourth-order valence-electron chi connectivity index (χ4n) is 2.68. The molecule has 3 aromatic rings. The summed E-state index contributed by atoms with van der Waals surface area (Å²) in [6, 6.07) is 7.46. The van der Waals surface area contributed by atoms with Gasteiger partial charge in [-0.25, -0.2) is 9.67 Å². The van der Waals surface area contributed by atoms with Gasteiger partial charge in [-0.3, -0.25) is 4.79 Å². The topological polar surface area (TPSA) is 59.8 Å². The van der Waals surface area contributed by atoms with E-state index in [1.165, 1.54) is 18.5 Å². The van der Waals surface area contributed by atoms with Crippen molar-refractivity contribution < 1.29 is 18.0 Å². The van der Waals surface area contributed by atoms with Crippen LogP contribution in [-0.4, -0.2) is 20.7 Å². The normalized spacial score (nSPS) is 11.8. The van der Waals surface area contributed by atoms with Gasteiger partial charge in [0.25, 0.3) is 0 Å². The van der Waals surface area contributed by atoms with Gasteiger partial charge >= 0.3 is 6.18 Å². The number of aryl methyl sites for hydroxylation is 2. The molecule has 0 aliphatic heterocycles. The number of carbonyl (C=O) groups is 1. The third-order valence-corrected chi connectivity index (χ3v) is 3.98. The van der Waals surface area contributed by atoms with Crippen LogP contribution in [-0.2, 0) is 17.5 Å². The van der Waals surface area contributed by atoms with E-state index in [-0.39, 0.29) is 29.0 Å². The molecule has 0 saturated heterocycles. The maximum atomic E-state index is 13.3. The fraction of sp³-hybridized carbons (Fsp3) is 0.235. The Morgan fingerprint density at radius 1 is 1.23 bits per heavy atom. The van der Waals surface area contributed by atoms with Crippen molar-refractivity contribution in [3.05, 3.63) is 52.3 Å². The number of alkyl halides is 3. The van der Waals surface area contributed by atoms with Crippen LogP contribution in [0.3, 0.4) is 0 Å². The molecule has 26 heavy (non-hydrogen) atoms. The first-order valence-electron chi connectivity index (χ1n) is 7.62. The summed E-state index contributed by atoms with van der Waals surface area (Å²) >= 11 is 5.79. The van der Waals surface area contributed by atoms with Crippen LogP contribution in [0.5, 0.6) is 0 Å². The van der Waals surface area contributed by atoms with Gasteiger partial charge in [-0.05, 0) is 44.2 Å². The molecule has 5 nitrogen and oxygen atoms in total. The Morgan fingerprint density at radius 3 is 2.50 bits per heavy atom. The number of rotatable bonds is 3. The summed E-state index contributed by atoms with van der Waals surface area (Å²) < 4.78 is 41.1. The zero-order valence-corrected chi connectivity index (χ0v) is 14.6. The second-order valence-corrected chi connectivity index (χ2v) is 6.24. The quantitative estimate of drug-likeness (QED) is 0.732. The van der Waals surface area contributed by atoms with E-state index >= 15 is 0 Å². The van der Waals surface area contributed by atoms with Gasteiger partial charge in [-0.2, -0.15) is 18.3 Å². The summed E-state index contributed by atoms with van der Waals surface area (Å²) in [6.07, 6.45) is -4.53. The molecule has 1 N–H and O–H groups in total. The summed E-state index contributed by atoms with van der Waals surface area (Å²) in [7, 11) is 0. The Balaban J connectivity index is 1.94. The van der Waals surface area contributed by atoms with Crippen molar-refractivity contribution in [3.8, 4) is 0 Å². The van der Waals surface area contributed by atoms with Crippen molar-refractivity contribution in [2.45, 2.75) is 26.6 Å². The molecular weight excluding hydrogens is 369 g/mol. The second kappa shape index (κ2) is 6.60. The van der Waals surface area contributed by atoms with E-state index in [1.54, 1.807) is 24.3 Å². The highest BCUT2D eigenvalue weighted by molar-refractivity contribution is 6.30. The third kappa shape index (κ3) is 3.65. The minimum absolute atomic E-state index is 0.0288. The first-order chi connectivity index (χ1) is 12.1. The van der Waals surface area contributed by atoms with Crippen LogP contribution in [0.25, 0.3) is 11.0 Å². The first kappa shape index (κ1) is 18.2. The molecule has 3 rings (SSSR count). The number of nitrogens with one attached hydrogen (secondary N) is 1. The number of pyridine rings is 1. The largest absolute Gasteiger partial charge is 0.417 e. The summed E-state index contributed by atoms with van der Waals surface area (Å²) in [5.41, 5.74) is 0.110. The first-order valence-corrected chi connectivity index (χ1v) is 8.00. The van der Waals surface area contributed by atoms with Gasteiger partial charge < -0.3 is 5.32 Å². The third-order valence-electron chi connectivity index (χ3n) is 3.73. The molecule has 0 fully saturated rings. The predicted octanol–water partition coefficient (Wildman–Crippen LogP) is 4.36. The second-order valence-electron chi connectivity index (χ2n) is 5.81. The molecule has 1 amide bonds. The van der Waals surface area contributed by atoms with E-state index in [9.17, 15) is 18.0 Å². The number of nitrogens with zero attached hydrogens (tertiary/aromatic N) is 3. The molecule has 0 saturated carbocycles. The lowest BCUT2D eigenvalue weighted by Crippen LogP contribution is -2.20. The molecule has 0 aliphatic rings. The SMILES string of the molecule is Cc1cc(C(F)(F)F)c2c(C)nn(CC(=O)Nc3ccc(Cl)cc3)c2n1. The highest BCUT2D eigenvalue weighted by Gasteiger charge is 2.35. The van der Waals surface area contributed by atoms with Gasteiger partial charge in [-0.1, -0.05) is 11.6 Å². The Hall–Kier alpha value is -2.61. The number of amides is 1. The smallest absolute Gasteiger partial charge is 0.324 e. The van der Waals surface area contributed by atoms with Crippen molar-refractivity contribution in [2.24, 2.45) is 0 Å². The summed E-state index contributed by atoms with van der Waals surface area (Å²) in [6.45, 7) is 2.66. The summed E-state index contributed by atoms with van der Waals surface area (Å²) in [5, 5.41) is 7.14. The molecule has 0 spiro atoms. The Morgan fingerprint density at radius 2 is 1.88 bits per heavy atom. The Bertz CT molecular complexity index is 980. The standard InChI is InChI=1S/C17H14ClF3N4O/c1-9-7-13(17(19,20)21)15-10(2)24-25(16(15)22-9)8-14(26)23-12-5-3-11(18)4-6-12/h3-7H,8H2,1-2H3,(H,23,26). The van der Waals surface area contributed by atoms with E-state index in [4.69, 9.17) is 11.6 Å². The molecule has 9 heteroatoms. The number of hydrogen-bond acceptors (Lipinski definition) is 3. The van der Waals surface area contributed by atoms with Crippen LogP contribution in [0, 0.1) is 13.8 Å². The lowest BCUT2D eigenvalue weighted by molar-refractivity contribution is -0.136. The monoisotopic (exact) mass is 382 g/mol. The molecule has 0 aliphatic carbocycles. The molecule has 0 radical (unpaired) electrons. The molecular formula is C17H14ClF3N4O. The van der Waals surface area contributed by atoms with Crippen molar-refractivity contribution in [2.75, 3.05) is 5.32 Å². The number of fused-ring (bicyclic) bond motifs is 1. The van der Waals surface area contributed by atoms with Gasteiger partial charge in [0.05, 0.1) is 16.6 Å². The molecule has 1 aromatic carbocycles. The number of carbonyl (C=O) groups excluding carboxylic acids is 1. The zero-order chi connectivity index (χ0) is 19.1. The van der Waals surface area contributed by atoms with E-state index in [2.05, 4.69) is 15.4 Å². The molecule has 2 aromatic heterocycles. The van der Waals surface area contributed by atoms with Gasteiger partial charge in [0, 0.05) is 16.4 Å². The lowest BCUT2D eigenvalue weighted by atomic mass is 10.1. The van der Waals surface area contributed by atoms with Crippen LogP contribution in [0.2, 0.25) is 5.02 Å². The van der Waals surface area contributed by atoms with Crippen LogP contribution in [0.1, 0.15) is 17.0 Å². The predicted molar refractivity (Wildman–Crippen MR) is 92.1 cm³/mol. The molecule has 0 bridgehead atoms. The van der Waals surface area contributed by atoms with Crippen molar-refractivity contribution in [1.82, 2.24) is 14.8 Å². The fourth-order valence-corrected chi connectivity index (χ4v) is 2.81. The average Bonchev–Trinajstić information content (AvgIpc) is 2.83. The average molecular weight is 383 g/mol. The summed E-state index contributed by atoms with van der Waals surface area (Å²) in [4.78, 5) is 16.4. The highest BCUT2D eigenvalue weighted by atomic mass is 35.5. The van der Waals surface area contributed by atoms with Gasteiger partial charge in [0.1, 0.15) is 6.54 Å². The van der Waals surface area contributed by atoms with E-state index in [0.29, 0.717) is 10.7 Å². The molecule has 2 heterocycles. The maximum Gasteiger partial charge on any atom is 0.417 e. The van der Waals surface area contributed by atoms with Crippen molar-refractivity contribution in [1.29, 1.82) is 0 Å². The van der Waals surface area contributed by atoms with Crippen molar-refractivity contribution >= 4 is 34.2 Å². The minimum atomic E-state index is -4.53. The number of benzene rings is 1. The van der Waals surface area contributed by atoms with Crippen LogP contribution in [0.4, 0.5) is 18.9 Å². The van der Waals surface area contributed by atoms with Gasteiger partial charge in [-0.15, -0.1) is 0 Å².